The number of nitrogens with zero attached hydrogens (tertiary/aromatic N) is 2. The third kappa shape index (κ3) is 3.90. The predicted octanol–water partition coefficient (Wildman–Crippen LogP) is 2.53. The SMILES string of the molecule is N[C@H](CCc1ccccc1)C(=O)Nc1ccc2nccnc2c1. The van der Waals surface area contributed by atoms with Gasteiger partial charge in [0, 0.05) is 18.1 Å². The van der Waals surface area contributed by atoms with Gasteiger partial charge < -0.3 is 11.1 Å². The van der Waals surface area contributed by atoms with Crippen LogP contribution in [0.4, 0.5) is 5.69 Å². The van der Waals surface area contributed by atoms with Crippen LogP contribution in [0.25, 0.3) is 11.0 Å². The molecule has 0 bridgehead atoms. The molecule has 5 nitrogen and oxygen atoms in total. The number of carbonyl (C=O) groups is 1. The first-order valence-corrected chi connectivity index (χ1v) is 7.53. The lowest BCUT2D eigenvalue weighted by molar-refractivity contribution is -0.117. The largest absolute Gasteiger partial charge is 0.325 e. The van der Waals surface area contributed by atoms with Crippen LogP contribution in [0.15, 0.2) is 60.9 Å². The summed E-state index contributed by atoms with van der Waals surface area (Å²) in [5.74, 6) is -0.191. The van der Waals surface area contributed by atoms with E-state index in [9.17, 15) is 4.79 Å². The molecule has 3 rings (SSSR count). The molecule has 0 fully saturated rings. The summed E-state index contributed by atoms with van der Waals surface area (Å²) in [4.78, 5) is 20.6. The first-order chi connectivity index (χ1) is 11.2. The summed E-state index contributed by atoms with van der Waals surface area (Å²) >= 11 is 0. The molecular formula is C18H18N4O. The van der Waals surface area contributed by atoms with Crippen LogP contribution >= 0.6 is 0 Å². The summed E-state index contributed by atoms with van der Waals surface area (Å²) in [6.07, 6.45) is 4.64. The second kappa shape index (κ2) is 6.98. The van der Waals surface area contributed by atoms with Gasteiger partial charge in [-0.1, -0.05) is 30.3 Å². The minimum absolute atomic E-state index is 0.191. The number of nitrogens with one attached hydrogen (secondary N) is 1. The number of rotatable bonds is 5. The Kier molecular flexibility index (Phi) is 4.59. The first kappa shape index (κ1) is 15.1. The second-order valence-electron chi connectivity index (χ2n) is 5.38. The van der Waals surface area contributed by atoms with Crippen LogP contribution in [-0.4, -0.2) is 21.9 Å². The van der Waals surface area contributed by atoms with Crippen molar-refractivity contribution in [2.45, 2.75) is 18.9 Å². The molecule has 1 amide bonds. The van der Waals surface area contributed by atoms with Crippen LogP contribution in [0.3, 0.4) is 0 Å². The van der Waals surface area contributed by atoms with E-state index in [-0.39, 0.29) is 5.91 Å². The number of benzene rings is 2. The van der Waals surface area contributed by atoms with Crippen LogP contribution in [0, 0.1) is 0 Å². The van der Waals surface area contributed by atoms with E-state index in [2.05, 4.69) is 15.3 Å². The minimum Gasteiger partial charge on any atom is -0.325 e. The Morgan fingerprint density at radius 2 is 1.78 bits per heavy atom. The monoisotopic (exact) mass is 306 g/mol. The van der Waals surface area contributed by atoms with Crippen LogP contribution in [0.1, 0.15) is 12.0 Å². The molecule has 1 atom stereocenters. The van der Waals surface area contributed by atoms with Gasteiger partial charge in [-0.2, -0.15) is 0 Å². The van der Waals surface area contributed by atoms with Crippen molar-refractivity contribution in [1.29, 1.82) is 0 Å². The zero-order chi connectivity index (χ0) is 16.1. The molecule has 5 heteroatoms. The normalized spacial score (nSPS) is 12.0. The van der Waals surface area contributed by atoms with Crippen LogP contribution in [0.5, 0.6) is 0 Å². The Morgan fingerprint density at radius 3 is 2.57 bits per heavy atom. The van der Waals surface area contributed by atoms with E-state index in [1.54, 1.807) is 24.5 Å². The van der Waals surface area contributed by atoms with E-state index in [0.717, 1.165) is 17.5 Å². The maximum Gasteiger partial charge on any atom is 0.241 e. The highest BCUT2D eigenvalue weighted by Crippen LogP contribution is 2.15. The molecule has 2 aromatic carbocycles. The van der Waals surface area contributed by atoms with E-state index >= 15 is 0 Å². The molecule has 0 aliphatic carbocycles. The van der Waals surface area contributed by atoms with Crippen molar-refractivity contribution < 1.29 is 4.79 Å². The minimum atomic E-state index is -0.548. The van der Waals surface area contributed by atoms with Gasteiger partial charge in [-0.25, -0.2) is 0 Å². The predicted molar refractivity (Wildman–Crippen MR) is 90.9 cm³/mol. The summed E-state index contributed by atoms with van der Waals surface area (Å²) in [6.45, 7) is 0. The number of aryl methyl sites for hydroxylation is 1. The van der Waals surface area contributed by atoms with Gasteiger partial charge in [-0.3, -0.25) is 14.8 Å². The third-order valence-corrected chi connectivity index (χ3v) is 3.66. The van der Waals surface area contributed by atoms with E-state index in [0.29, 0.717) is 12.1 Å². The Morgan fingerprint density at radius 1 is 1.04 bits per heavy atom. The molecule has 116 valence electrons. The lowest BCUT2D eigenvalue weighted by Crippen LogP contribution is -2.36. The average molecular weight is 306 g/mol. The maximum atomic E-state index is 12.2. The molecule has 3 N–H and O–H groups in total. The van der Waals surface area contributed by atoms with E-state index in [1.165, 1.54) is 5.56 Å². The van der Waals surface area contributed by atoms with E-state index < -0.39 is 6.04 Å². The highest BCUT2D eigenvalue weighted by molar-refractivity contribution is 5.96. The fourth-order valence-corrected chi connectivity index (χ4v) is 2.37. The van der Waals surface area contributed by atoms with Crippen molar-refractivity contribution in [3.63, 3.8) is 0 Å². The molecule has 0 unspecified atom stereocenters. The number of nitrogens with two attached hydrogens (primary N) is 1. The molecule has 0 radical (unpaired) electrons. The number of hydrogen-bond donors (Lipinski definition) is 2. The summed E-state index contributed by atoms with van der Waals surface area (Å²) in [6, 6.07) is 14.9. The smallest absolute Gasteiger partial charge is 0.241 e. The van der Waals surface area contributed by atoms with E-state index in [4.69, 9.17) is 5.73 Å². The van der Waals surface area contributed by atoms with Gasteiger partial charge in [0.2, 0.25) is 5.91 Å². The molecule has 0 aliphatic rings. The average Bonchev–Trinajstić information content (AvgIpc) is 2.60. The van der Waals surface area contributed by atoms with Gasteiger partial charge in [0.05, 0.1) is 17.1 Å². The summed E-state index contributed by atoms with van der Waals surface area (Å²) in [5.41, 5.74) is 9.37. The number of fused-ring (bicyclic) bond motifs is 1. The Balaban J connectivity index is 1.60. The van der Waals surface area contributed by atoms with Gasteiger partial charge in [0.15, 0.2) is 0 Å². The zero-order valence-corrected chi connectivity index (χ0v) is 12.6. The standard InChI is InChI=1S/C18H18N4O/c19-15(8-6-13-4-2-1-3-5-13)18(23)22-14-7-9-16-17(12-14)21-11-10-20-16/h1-5,7,9-12,15H,6,8,19H2,(H,22,23)/t15-/m1/s1. The van der Waals surface area contributed by atoms with Crippen molar-refractivity contribution in [2.24, 2.45) is 5.73 Å². The third-order valence-electron chi connectivity index (χ3n) is 3.66. The number of amides is 1. The summed E-state index contributed by atoms with van der Waals surface area (Å²) in [7, 11) is 0. The van der Waals surface area contributed by atoms with Crippen molar-refractivity contribution in [1.82, 2.24) is 9.97 Å². The lowest BCUT2D eigenvalue weighted by atomic mass is 10.1. The van der Waals surface area contributed by atoms with Crippen LogP contribution < -0.4 is 11.1 Å². The molecule has 0 saturated carbocycles. The number of aromatic nitrogens is 2. The van der Waals surface area contributed by atoms with Crippen molar-refractivity contribution >= 4 is 22.6 Å². The Hall–Kier alpha value is -2.79. The summed E-state index contributed by atoms with van der Waals surface area (Å²) in [5, 5.41) is 2.84. The molecule has 1 heterocycles. The first-order valence-electron chi connectivity index (χ1n) is 7.53. The van der Waals surface area contributed by atoms with Crippen LogP contribution in [-0.2, 0) is 11.2 Å². The van der Waals surface area contributed by atoms with Gasteiger partial charge in [-0.05, 0) is 36.6 Å². The van der Waals surface area contributed by atoms with Crippen molar-refractivity contribution in [3.8, 4) is 0 Å². The quantitative estimate of drug-likeness (QED) is 0.759. The summed E-state index contributed by atoms with van der Waals surface area (Å²) < 4.78 is 0. The fraction of sp³-hybridized carbons (Fsp3) is 0.167. The Labute approximate surface area is 134 Å². The van der Waals surface area contributed by atoms with Gasteiger partial charge >= 0.3 is 0 Å². The van der Waals surface area contributed by atoms with Crippen LogP contribution in [0.2, 0.25) is 0 Å². The Bertz CT molecular complexity index is 804. The second-order valence-corrected chi connectivity index (χ2v) is 5.38. The highest BCUT2D eigenvalue weighted by Gasteiger charge is 2.13. The molecule has 0 spiro atoms. The van der Waals surface area contributed by atoms with E-state index in [1.807, 2.05) is 36.4 Å². The molecule has 23 heavy (non-hydrogen) atoms. The van der Waals surface area contributed by atoms with Crippen molar-refractivity contribution in [3.05, 3.63) is 66.5 Å². The van der Waals surface area contributed by atoms with Gasteiger partial charge in [0.25, 0.3) is 0 Å². The number of anilines is 1. The fourth-order valence-electron chi connectivity index (χ4n) is 2.37. The van der Waals surface area contributed by atoms with Crippen molar-refractivity contribution in [2.75, 3.05) is 5.32 Å². The molecule has 0 aliphatic heterocycles. The topological polar surface area (TPSA) is 80.9 Å². The molecular weight excluding hydrogens is 288 g/mol. The lowest BCUT2D eigenvalue weighted by Gasteiger charge is -2.12. The number of carbonyl (C=O) groups excluding carboxylic acids is 1. The van der Waals surface area contributed by atoms with Gasteiger partial charge in [-0.15, -0.1) is 0 Å². The maximum absolute atomic E-state index is 12.2. The molecule has 1 aromatic heterocycles. The van der Waals surface area contributed by atoms with Gasteiger partial charge in [0.1, 0.15) is 0 Å². The molecule has 3 aromatic rings. The molecule has 0 saturated heterocycles. The number of hydrogen-bond acceptors (Lipinski definition) is 4. The zero-order valence-electron chi connectivity index (χ0n) is 12.6. The highest BCUT2D eigenvalue weighted by atomic mass is 16.2.